The quantitative estimate of drug-likeness (QED) is 0.458. The summed E-state index contributed by atoms with van der Waals surface area (Å²) in [6, 6.07) is 11.2. The molecule has 0 amide bonds. The number of nitrogens with zero attached hydrogens (tertiary/aromatic N) is 1. The van der Waals surface area contributed by atoms with Crippen molar-refractivity contribution in [3.8, 4) is 11.3 Å². The second-order valence-electron chi connectivity index (χ2n) is 5.11. The third-order valence-corrected chi connectivity index (χ3v) is 3.68. The maximum absolute atomic E-state index is 7.76. The van der Waals surface area contributed by atoms with Crippen LogP contribution in [0, 0.1) is 20.6 Å². The molecule has 2 aromatic carbocycles. The fourth-order valence-electron chi connectivity index (χ4n) is 2.60. The van der Waals surface area contributed by atoms with Crippen molar-refractivity contribution in [3.05, 3.63) is 65.4 Å². The minimum Gasteiger partial charge on any atom is -0.455 e. The molecule has 0 radical (unpaired) electrons. The Labute approximate surface area is 142 Å². The van der Waals surface area contributed by atoms with E-state index in [1.807, 2.05) is 0 Å². The highest BCUT2D eigenvalue weighted by atomic mass is 16.3. The van der Waals surface area contributed by atoms with Crippen molar-refractivity contribution in [2.45, 2.75) is 20.6 Å². The predicted molar refractivity (Wildman–Crippen MR) is 91.2 cm³/mol. The largest absolute Gasteiger partial charge is 0.455 e. The number of benzene rings is 2. The molecule has 2 aromatic heterocycles. The van der Waals surface area contributed by atoms with Crippen molar-refractivity contribution in [1.29, 1.82) is 0 Å². The van der Waals surface area contributed by atoms with Gasteiger partial charge in [0.15, 0.2) is 0 Å². The average Bonchev–Trinajstić information content (AvgIpc) is 3.03. The van der Waals surface area contributed by atoms with Crippen molar-refractivity contribution in [2.75, 3.05) is 0 Å². The molecule has 0 atom stereocenters. The standard InChI is InChI=1S/C20H17NO/c1-12-7-8-15-16-5-4-6-17(20(16)22-19(15)9-12)18-10-13(2)14(3)11-21-18/h4-11H,1-3H3/i1D3,2D3,3D3. The zero-order valence-electron chi connectivity index (χ0n) is 20.5. The van der Waals surface area contributed by atoms with Crippen molar-refractivity contribution >= 4 is 21.9 Å². The molecule has 2 nitrogen and oxygen atoms in total. The number of para-hydroxylation sites is 1. The maximum atomic E-state index is 7.76. The summed E-state index contributed by atoms with van der Waals surface area (Å²) in [5.74, 6) is 0. The van der Waals surface area contributed by atoms with Gasteiger partial charge in [-0.3, -0.25) is 4.98 Å². The maximum Gasteiger partial charge on any atom is 0.144 e. The van der Waals surface area contributed by atoms with Gasteiger partial charge in [-0.25, -0.2) is 0 Å². The average molecular weight is 296 g/mol. The van der Waals surface area contributed by atoms with Crippen LogP contribution in [0.1, 0.15) is 29.0 Å². The Morgan fingerprint density at radius 1 is 0.955 bits per heavy atom. The zero-order chi connectivity index (χ0) is 22.8. The number of pyridine rings is 1. The van der Waals surface area contributed by atoms with Crippen LogP contribution in [0.2, 0.25) is 0 Å². The topological polar surface area (TPSA) is 26.0 Å². The summed E-state index contributed by atoms with van der Waals surface area (Å²) in [4.78, 5) is 4.21. The Kier molecular flexibility index (Phi) is 1.42. The lowest BCUT2D eigenvalue weighted by atomic mass is 10.0. The predicted octanol–water partition coefficient (Wildman–Crippen LogP) is 5.57. The summed E-state index contributed by atoms with van der Waals surface area (Å²) in [5, 5.41) is 1.42. The molecule has 0 N–H and O–H groups in total. The molecule has 0 unspecified atom stereocenters. The molecule has 0 saturated heterocycles. The van der Waals surface area contributed by atoms with Gasteiger partial charge in [0.05, 0.1) is 5.69 Å². The first-order valence-electron chi connectivity index (χ1n) is 11.2. The fourth-order valence-corrected chi connectivity index (χ4v) is 2.60. The molecule has 2 heterocycles. The van der Waals surface area contributed by atoms with Crippen LogP contribution in [0.3, 0.4) is 0 Å². The molecule has 0 bridgehead atoms. The van der Waals surface area contributed by atoms with E-state index in [0.717, 1.165) is 6.20 Å². The highest BCUT2D eigenvalue weighted by Crippen LogP contribution is 2.35. The number of furan rings is 1. The number of rotatable bonds is 1. The third-order valence-electron chi connectivity index (χ3n) is 3.68. The molecule has 0 aliphatic heterocycles. The van der Waals surface area contributed by atoms with Gasteiger partial charge in [0, 0.05) is 34.9 Å². The van der Waals surface area contributed by atoms with E-state index < -0.39 is 20.6 Å². The van der Waals surface area contributed by atoms with Crippen molar-refractivity contribution in [2.24, 2.45) is 0 Å². The van der Waals surface area contributed by atoms with Crippen LogP contribution in [0.25, 0.3) is 33.2 Å². The first-order chi connectivity index (χ1) is 14.3. The Morgan fingerprint density at radius 2 is 1.91 bits per heavy atom. The molecule has 2 heteroatoms. The second-order valence-corrected chi connectivity index (χ2v) is 5.11. The van der Waals surface area contributed by atoms with Crippen molar-refractivity contribution in [3.63, 3.8) is 0 Å². The normalized spacial score (nSPS) is 19.2. The first kappa shape index (κ1) is 6.66. The molecule has 0 saturated carbocycles. The van der Waals surface area contributed by atoms with E-state index in [1.165, 1.54) is 18.2 Å². The third kappa shape index (κ3) is 1.92. The molecular weight excluding hydrogens is 270 g/mol. The van der Waals surface area contributed by atoms with E-state index in [0.29, 0.717) is 27.5 Å². The second kappa shape index (κ2) is 4.70. The molecule has 22 heavy (non-hydrogen) atoms. The molecular formula is C20H17NO. The summed E-state index contributed by atoms with van der Waals surface area (Å²) in [6.07, 6.45) is 1.07. The number of fused-ring (bicyclic) bond motifs is 3. The molecule has 0 aliphatic carbocycles. The first-order valence-corrected chi connectivity index (χ1v) is 6.74. The molecule has 0 spiro atoms. The van der Waals surface area contributed by atoms with Crippen molar-refractivity contribution in [1.82, 2.24) is 4.98 Å². The summed E-state index contributed by atoms with van der Waals surface area (Å²) in [7, 11) is 0. The lowest BCUT2D eigenvalue weighted by Gasteiger charge is -2.05. The van der Waals surface area contributed by atoms with Gasteiger partial charge in [0.25, 0.3) is 0 Å². The van der Waals surface area contributed by atoms with E-state index >= 15 is 0 Å². The number of hydrogen-bond donors (Lipinski definition) is 0. The van der Waals surface area contributed by atoms with Gasteiger partial charge in [-0.2, -0.15) is 0 Å². The minimum atomic E-state index is -2.64. The van der Waals surface area contributed by atoms with Crippen LogP contribution in [0.15, 0.2) is 53.1 Å². The molecule has 4 aromatic rings. The van der Waals surface area contributed by atoms with Crippen molar-refractivity contribution < 1.29 is 16.8 Å². The number of aromatic nitrogens is 1. The zero-order valence-corrected chi connectivity index (χ0v) is 11.5. The van der Waals surface area contributed by atoms with Crippen LogP contribution in [0.4, 0.5) is 0 Å². The molecule has 108 valence electrons. The van der Waals surface area contributed by atoms with Gasteiger partial charge in [-0.15, -0.1) is 0 Å². The minimum absolute atomic E-state index is 0.144. The van der Waals surface area contributed by atoms with Gasteiger partial charge in [0.2, 0.25) is 0 Å². The Bertz CT molecular complexity index is 1300. The van der Waals surface area contributed by atoms with E-state index in [1.54, 1.807) is 24.3 Å². The molecule has 0 aliphatic rings. The van der Waals surface area contributed by atoms with Crippen LogP contribution >= 0.6 is 0 Å². The van der Waals surface area contributed by atoms with Crippen LogP contribution < -0.4 is 0 Å². The fraction of sp³-hybridized carbons (Fsp3) is 0.150. The van der Waals surface area contributed by atoms with Crippen LogP contribution in [-0.4, -0.2) is 4.98 Å². The lowest BCUT2D eigenvalue weighted by Crippen LogP contribution is -1.88. The Balaban J connectivity index is 1.96. The van der Waals surface area contributed by atoms with Gasteiger partial charge in [-0.1, -0.05) is 24.3 Å². The van der Waals surface area contributed by atoms with Gasteiger partial charge in [-0.05, 0) is 55.4 Å². The number of hydrogen-bond acceptors (Lipinski definition) is 2. The Hall–Kier alpha value is -2.61. The van der Waals surface area contributed by atoms with E-state index in [2.05, 4.69) is 4.98 Å². The summed E-state index contributed by atoms with van der Waals surface area (Å²) in [6.45, 7) is -7.54. The SMILES string of the molecule is [2H]C([2H])([2H])c1ccc2c(c1)oc1c(-c3cc(C([2H])([2H])[2H])c(C([2H])([2H])[2H])cn3)cccc12. The lowest BCUT2D eigenvalue weighted by molar-refractivity contribution is 0.669. The monoisotopic (exact) mass is 296 g/mol. The highest BCUT2D eigenvalue weighted by Gasteiger charge is 2.13. The Morgan fingerprint density at radius 3 is 2.77 bits per heavy atom. The van der Waals surface area contributed by atoms with Gasteiger partial charge >= 0.3 is 0 Å². The van der Waals surface area contributed by atoms with E-state index in [9.17, 15) is 0 Å². The van der Waals surface area contributed by atoms with E-state index in [4.69, 9.17) is 16.8 Å². The summed E-state index contributed by atoms with van der Waals surface area (Å²) >= 11 is 0. The number of aryl methyl sites for hydroxylation is 3. The van der Waals surface area contributed by atoms with E-state index in [-0.39, 0.29) is 22.4 Å². The molecule has 0 fully saturated rings. The summed E-state index contributed by atoms with van der Waals surface area (Å²) in [5.41, 5.74) is 1.04. The van der Waals surface area contributed by atoms with Crippen LogP contribution in [0.5, 0.6) is 0 Å². The molecule has 4 rings (SSSR count). The van der Waals surface area contributed by atoms with Gasteiger partial charge in [0.1, 0.15) is 11.2 Å². The van der Waals surface area contributed by atoms with Crippen LogP contribution in [-0.2, 0) is 0 Å². The van der Waals surface area contributed by atoms with Gasteiger partial charge < -0.3 is 4.42 Å². The highest BCUT2D eigenvalue weighted by molar-refractivity contribution is 6.09. The smallest absolute Gasteiger partial charge is 0.144 e. The summed E-state index contributed by atoms with van der Waals surface area (Å²) < 4.78 is 74.9.